The number of halogens is 4. The van der Waals surface area contributed by atoms with Gasteiger partial charge in [-0.15, -0.1) is 0 Å². The first-order valence-electron chi connectivity index (χ1n) is 4.94. The van der Waals surface area contributed by atoms with E-state index in [0.717, 1.165) is 25.0 Å². The molecule has 1 unspecified atom stereocenters. The molecule has 1 nitrogen and oxygen atoms in total. The maximum absolute atomic E-state index is 13.4. The van der Waals surface area contributed by atoms with Crippen LogP contribution in [-0.2, 0) is 6.18 Å². The number of rotatable bonds is 2. The smallest absolute Gasteiger partial charge is 0.388 e. The molecule has 0 spiro atoms. The molecule has 1 N–H and O–H groups in total. The Kier molecular flexibility index (Phi) is 2.66. The summed E-state index contributed by atoms with van der Waals surface area (Å²) in [5, 5.41) is 9.61. The predicted molar refractivity (Wildman–Crippen MR) is 49.1 cm³/mol. The molecule has 88 valence electrons. The lowest BCUT2D eigenvalue weighted by molar-refractivity contribution is -0.137. The number of hydrogen-bond acceptors (Lipinski definition) is 1. The maximum atomic E-state index is 13.4. The average Bonchev–Trinajstić information content (AvgIpc) is 2.98. The molecule has 1 aromatic carbocycles. The van der Waals surface area contributed by atoms with E-state index >= 15 is 0 Å². The summed E-state index contributed by atoms with van der Waals surface area (Å²) in [6, 6.07) is 2.24. The van der Waals surface area contributed by atoms with Crippen molar-refractivity contribution in [2.75, 3.05) is 0 Å². The summed E-state index contributed by atoms with van der Waals surface area (Å²) in [7, 11) is 0. The Labute approximate surface area is 89.7 Å². The summed E-state index contributed by atoms with van der Waals surface area (Å²) in [5.41, 5.74) is -1.08. The molecule has 5 heteroatoms. The van der Waals surface area contributed by atoms with Crippen LogP contribution in [0.25, 0.3) is 0 Å². The van der Waals surface area contributed by atoms with Crippen LogP contribution in [0.4, 0.5) is 17.6 Å². The van der Waals surface area contributed by atoms with Crippen LogP contribution < -0.4 is 0 Å². The highest BCUT2D eigenvalue weighted by atomic mass is 19.4. The third kappa shape index (κ3) is 2.19. The molecule has 1 atom stereocenters. The van der Waals surface area contributed by atoms with E-state index in [-0.39, 0.29) is 11.5 Å². The zero-order chi connectivity index (χ0) is 11.9. The van der Waals surface area contributed by atoms with E-state index in [4.69, 9.17) is 0 Å². The summed E-state index contributed by atoms with van der Waals surface area (Å²) >= 11 is 0. The first-order chi connectivity index (χ1) is 7.39. The largest absolute Gasteiger partial charge is 0.416 e. The van der Waals surface area contributed by atoms with Crippen molar-refractivity contribution < 1.29 is 22.7 Å². The van der Waals surface area contributed by atoms with Crippen molar-refractivity contribution in [1.82, 2.24) is 0 Å². The minimum Gasteiger partial charge on any atom is -0.388 e. The molecule has 0 heterocycles. The topological polar surface area (TPSA) is 20.2 Å². The second-order valence-electron chi connectivity index (χ2n) is 4.02. The van der Waals surface area contributed by atoms with Crippen molar-refractivity contribution >= 4 is 0 Å². The lowest BCUT2D eigenvalue weighted by atomic mass is 10.0. The van der Waals surface area contributed by atoms with Crippen molar-refractivity contribution in [1.29, 1.82) is 0 Å². The van der Waals surface area contributed by atoms with E-state index in [9.17, 15) is 22.7 Å². The standard InChI is InChI=1S/C11H10F4O/c12-9-5-7(11(13,14)15)3-4-8(9)10(16)6-1-2-6/h3-6,10,16H,1-2H2. The van der Waals surface area contributed by atoms with Gasteiger partial charge in [0.25, 0.3) is 0 Å². The first kappa shape index (κ1) is 11.4. The third-order valence-corrected chi connectivity index (χ3v) is 2.71. The Hall–Kier alpha value is -1.10. The lowest BCUT2D eigenvalue weighted by Crippen LogP contribution is -2.08. The Bertz CT molecular complexity index is 395. The van der Waals surface area contributed by atoms with Gasteiger partial charge >= 0.3 is 6.18 Å². The number of aliphatic hydroxyl groups is 1. The normalized spacial score (nSPS) is 18.6. The van der Waals surface area contributed by atoms with Crippen LogP contribution in [0.5, 0.6) is 0 Å². The van der Waals surface area contributed by atoms with Gasteiger partial charge in [0, 0.05) is 5.56 Å². The Morgan fingerprint density at radius 1 is 1.25 bits per heavy atom. The first-order valence-corrected chi connectivity index (χ1v) is 4.94. The molecular weight excluding hydrogens is 224 g/mol. The molecule has 0 radical (unpaired) electrons. The SMILES string of the molecule is OC(c1ccc(C(F)(F)F)cc1F)C1CC1. The average molecular weight is 234 g/mol. The summed E-state index contributed by atoms with van der Waals surface area (Å²) < 4.78 is 50.1. The maximum Gasteiger partial charge on any atom is 0.416 e. The number of alkyl halides is 3. The minimum atomic E-state index is -4.55. The number of hydrogen-bond donors (Lipinski definition) is 1. The fourth-order valence-corrected chi connectivity index (χ4v) is 1.61. The van der Waals surface area contributed by atoms with Crippen LogP contribution in [0.1, 0.15) is 30.1 Å². The molecule has 16 heavy (non-hydrogen) atoms. The highest BCUT2D eigenvalue weighted by Crippen LogP contribution is 2.42. The van der Waals surface area contributed by atoms with E-state index in [1.165, 1.54) is 0 Å². The van der Waals surface area contributed by atoms with Crippen molar-refractivity contribution in [2.45, 2.75) is 25.1 Å². The fraction of sp³-hybridized carbons (Fsp3) is 0.455. The van der Waals surface area contributed by atoms with E-state index in [1.807, 2.05) is 0 Å². The van der Waals surface area contributed by atoms with Crippen molar-refractivity contribution in [3.63, 3.8) is 0 Å². The molecule has 1 aliphatic rings. The molecule has 0 aliphatic heterocycles. The van der Waals surface area contributed by atoms with E-state index < -0.39 is 23.7 Å². The van der Waals surface area contributed by atoms with Gasteiger partial charge in [-0.2, -0.15) is 13.2 Å². The van der Waals surface area contributed by atoms with Crippen molar-refractivity contribution in [3.05, 3.63) is 35.1 Å². The molecule has 0 aromatic heterocycles. The molecule has 0 amide bonds. The van der Waals surface area contributed by atoms with Crippen LogP contribution in [0.2, 0.25) is 0 Å². The quantitative estimate of drug-likeness (QED) is 0.778. The molecule has 1 saturated carbocycles. The number of aliphatic hydroxyl groups excluding tert-OH is 1. The number of benzene rings is 1. The summed E-state index contributed by atoms with van der Waals surface area (Å²) in [5.74, 6) is -1.000. The zero-order valence-corrected chi connectivity index (χ0v) is 8.26. The molecule has 1 fully saturated rings. The summed E-state index contributed by atoms with van der Waals surface area (Å²) in [6.07, 6.45) is -3.95. The van der Waals surface area contributed by atoms with E-state index in [0.29, 0.717) is 6.07 Å². The highest BCUT2D eigenvalue weighted by Gasteiger charge is 2.35. The monoisotopic (exact) mass is 234 g/mol. The van der Waals surface area contributed by atoms with Gasteiger partial charge < -0.3 is 5.11 Å². The van der Waals surface area contributed by atoms with Crippen LogP contribution in [0.15, 0.2) is 18.2 Å². The second kappa shape index (κ2) is 3.73. The van der Waals surface area contributed by atoms with Gasteiger partial charge in [0.05, 0.1) is 11.7 Å². The predicted octanol–water partition coefficient (Wildman–Crippen LogP) is 3.29. The molecular formula is C11H10F4O. The van der Waals surface area contributed by atoms with Crippen LogP contribution in [0, 0.1) is 11.7 Å². The van der Waals surface area contributed by atoms with Gasteiger partial charge in [0.2, 0.25) is 0 Å². The zero-order valence-electron chi connectivity index (χ0n) is 8.26. The molecule has 2 rings (SSSR count). The highest BCUT2D eigenvalue weighted by molar-refractivity contribution is 5.28. The van der Waals surface area contributed by atoms with Crippen molar-refractivity contribution in [3.8, 4) is 0 Å². The van der Waals surface area contributed by atoms with Crippen molar-refractivity contribution in [2.24, 2.45) is 5.92 Å². The molecule has 1 aliphatic carbocycles. The van der Waals surface area contributed by atoms with Gasteiger partial charge in [-0.3, -0.25) is 0 Å². The second-order valence-corrected chi connectivity index (χ2v) is 4.02. The van der Waals surface area contributed by atoms with E-state index in [1.54, 1.807) is 0 Å². The summed E-state index contributed by atoms with van der Waals surface area (Å²) in [6.45, 7) is 0. The van der Waals surface area contributed by atoms with Gasteiger partial charge in [-0.1, -0.05) is 6.07 Å². The third-order valence-electron chi connectivity index (χ3n) is 2.71. The van der Waals surface area contributed by atoms with E-state index in [2.05, 4.69) is 0 Å². The van der Waals surface area contributed by atoms with Crippen LogP contribution in [0.3, 0.4) is 0 Å². The Morgan fingerprint density at radius 2 is 1.88 bits per heavy atom. The van der Waals surface area contributed by atoms with Gasteiger partial charge in [0.15, 0.2) is 0 Å². The Balaban J connectivity index is 2.29. The van der Waals surface area contributed by atoms with Gasteiger partial charge in [0.1, 0.15) is 5.82 Å². The van der Waals surface area contributed by atoms with Gasteiger partial charge in [-0.05, 0) is 30.9 Å². The van der Waals surface area contributed by atoms with Crippen LogP contribution in [-0.4, -0.2) is 5.11 Å². The summed E-state index contributed by atoms with van der Waals surface area (Å²) in [4.78, 5) is 0. The Morgan fingerprint density at radius 3 is 2.31 bits per heavy atom. The minimum absolute atomic E-state index is 0.00811. The molecule has 0 bridgehead atoms. The molecule has 1 aromatic rings. The van der Waals surface area contributed by atoms with Gasteiger partial charge in [-0.25, -0.2) is 4.39 Å². The lowest BCUT2D eigenvalue weighted by Gasteiger charge is -2.13. The fourth-order valence-electron chi connectivity index (χ4n) is 1.61. The van der Waals surface area contributed by atoms with Crippen LogP contribution >= 0.6 is 0 Å². The molecule has 0 saturated heterocycles.